The van der Waals surface area contributed by atoms with Crippen LogP contribution in [0, 0.1) is 0 Å². The van der Waals surface area contributed by atoms with Crippen molar-refractivity contribution in [3.05, 3.63) is 0 Å². The van der Waals surface area contributed by atoms with Crippen LogP contribution in [0.25, 0.3) is 0 Å². The molecule has 0 amide bonds. The standard InChI is InChI=1S/C7H14O3/c1-4-7(3,9)5-10-6(2)8/h9H,4-5H2,1-3H3/t7-/m0/s1. The molecule has 0 fully saturated rings. The molecule has 0 aromatic heterocycles. The van der Waals surface area contributed by atoms with Crippen molar-refractivity contribution in [2.24, 2.45) is 0 Å². The van der Waals surface area contributed by atoms with Crippen molar-refractivity contribution in [1.29, 1.82) is 0 Å². The summed E-state index contributed by atoms with van der Waals surface area (Å²) in [5, 5.41) is 9.29. The van der Waals surface area contributed by atoms with Crippen molar-refractivity contribution in [2.75, 3.05) is 6.61 Å². The molecule has 0 unspecified atom stereocenters. The number of aliphatic hydroxyl groups is 1. The molecule has 0 aliphatic rings. The smallest absolute Gasteiger partial charge is 0.302 e. The lowest BCUT2D eigenvalue weighted by atomic mass is 10.1. The van der Waals surface area contributed by atoms with Gasteiger partial charge in [0.2, 0.25) is 0 Å². The van der Waals surface area contributed by atoms with Crippen LogP contribution in [0.2, 0.25) is 0 Å². The monoisotopic (exact) mass is 146 g/mol. The molecular weight excluding hydrogens is 132 g/mol. The first kappa shape index (κ1) is 9.43. The van der Waals surface area contributed by atoms with E-state index in [0.29, 0.717) is 6.42 Å². The third kappa shape index (κ3) is 4.32. The fourth-order valence-electron chi connectivity index (χ4n) is 0.359. The zero-order chi connectivity index (χ0) is 8.20. The van der Waals surface area contributed by atoms with E-state index in [1.165, 1.54) is 6.92 Å². The molecule has 10 heavy (non-hydrogen) atoms. The molecule has 0 aliphatic heterocycles. The Morgan fingerprint density at radius 1 is 1.70 bits per heavy atom. The number of hydrogen-bond acceptors (Lipinski definition) is 3. The maximum atomic E-state index is 10.3. The number of hydrogen-bond donors (Lipinski definition) is 1. The molecule has 60 valence electrons. The second-order valence-corrected chi connectivity index (χ2v) is 2.63. The second-order valence-electron chi connectivity index (χ2n) is 2.63. The van der Waals surface area contributed by atoms with Gasteiger partial charge in [-0.3, -0.25) is 4.79 Å². The molecule has 0 spiro atoms. The lowest BCUT2D eigenvalue weighted by Gasteiger charge is -2.19. The van der Waals surface area contributed by atoms with E-state index in [1.54, 1.807) is 6.92 Å². The summed E-state index contributed by atoms with van der Waals surface area (Å²) in [5.41, 5.74) is -0.869. The predicted molar refractivity (Wildman–Crippen MR) is 37.5 cm³/mol. The van der Waals surface area contributed by atoms with Crippen LogP contribution in [-0.4, -0.2) is 23.3 Å². The van der Waals surface area contributed by atoms with E-state index in [0.717, 1.165) is 0 Å². The van der Waals surface area contributed by atoms with E-state index in [4.69, 9.17) is 0 Å². The zero-order valence-electron chi connectivity index (χ0n) is 6.68. The molecule has 0 radical (unpaired) electrons. The SMILES string of the molecule is CC[C@](C)(O)COC(C)=O. The normalized spacial score (nSPS) is 16.0. The first-order valence-electron chi connectivity index (χ1n) is 3.33. The topological polar surface area (TPSA) is 46.5 Å². The van der Waals surface area contributed by atoms with E-state index in [-0.39, 0.29) is 12.6 Å². The minimum atomic E-state index is -0.869. The largest absolute Gasteiger partial charge is 0.463 e. The van der Waals surface area contributed by atoms with E-state index < -0.39 is 5.60 Å². The summed E-state index contributed by atoms with van der Waals surface area (Å²) >= 11 is 0. The lowest BCUT2D eigenvalue weighted by Crippen LogP contribution is -2.30. The van der Waals surface area contributed by atoms with Gasteiger partial charge in [-0.05, 0) is 13.3 Å². The first-order valence-corrected chi connectivity index (χ1v) is 3.33. The molecular formula is C7H14O3. The first-order chi connectivity index (χ1) is 4.48. The lowest BCUT2D eigenvalue weighted by molar-refractivity contribution is -0.148. The summed E-state index contributed by atoms with van der Waals surface area (Å²) in [5.74, 6) is -0.353. The summed E-state index contributed by atoms with van der Waals surface area (Å²) in [6.45, 7) is 4.88. The Balaban J connectivity index is 3.56. The quantitative estimate of drug-likeness (QED) is 0.596. The maximum Gasteiger partial charge on any atom is 0.302 e. The number of ether oxygens (including phenoxy) is 1. The van der Waals surface area contributed by atoms with Gasteiger partial charge in [0.05, 0.1) is 5.60 Å². The van der Waals surface area contributed by atoms with Crippen LogP contribution in [0.3, 0.4) is 0 Å². The zero-order valence-corrected chi connectivity index (χ0v) is 6.68. The summed E-state index contributed by atoms with van der Waals surface area (Å²) in [6.07, 6.45) is 0.584. The van der Waals surface area contributed by atoms with Gasteiger partial charge in [0.25, 0.3) is 0 Å². The molecule has 0 aliphatic carbocycles. The summed E-state index contributed by atoms with van der Waals surface area (Å²) in [4.78, 5) is 10.3. The Bertz CT molecular complexity index is 118. The average Bonchev–Trinajstić information content (AvgIpc) is 1.85. The molecule has 0 aromatic carbocycles. The highest BCUT2D eigenvalue weighted by molar-refractivity contribution is 5.65. The van der Waals surface area contributed by atoms with Gasteiger partial charge in [0.1, 0.15) is 6.61 Å². The second kappa shape index (κ2) is 3.56. The summed E-state index contributed by atoms with van der Waals surface area (Å²) < 4.78 is 4.61. The molecule has 0 aromatic rings. The van der Waals surface area contributed by atoms with Crippen LogP contribution in [0.5, 0.6) is 0 Å². The molecule has 1 atom stereocenters. The van der Waals surface area contributed by atoms with E-state index in [1.807, 2.05) is 6.92 Å². The molecule has 0 saturated heterocycles. The number of rotatable bonds is 3. The number of carbonyl (C=O) groups excluding carboxylic acids is 1. The van der Waals surface area contributed by atoms with Crippen LogP contribution in [0.15, 0.2) is 0 Å². The van der Waals surface area contributed by atoms with Gasteiger partial charge >= 0.3 is 5.97 Å². The van der Waals surface area contributed by atoms with Gasteiger partial charge in [-0.2, -0.15) is 0 Å². The minimum Gasteiger partial charge on any atom is -0.463 e. The number of carbonyl (C=O) groups is 1. The van der Waals surface area contributed by atoms with Crippen molar-refractivity contribution in [3.8, 4) is 0 Å². The van der Waals surface area contributed by atoms with Crippen molar-refractivity contribution in [3.63, 3.8) is 0 Å². The molecule has 0 heterocycles. The summed E-state index contributed by atoms with van der Waals surface area (Å²) in [6, 6.07) is 0. The molecule has 3 heteroatoms. The molecule has 3 nitrogen and oxygen atoms in total. The highest BCUT2D eigenvalue weighted by atomic mass is 16.5. The van der Waals surface area contributed by atoms with Crippen LogP contribution in [0.4, 0.5) is 0 Å². The Labute approximate surface area is 61.0 Å². The van der Waals surface area contributed by atoms with Gasteiger partial charge in [-0.25, -0.2) is 0 Å². The molecule has 0 rings (SSSR count). The minimum absolute atomic E-state index is 0.0822. The van der Waals surface area contributed by atoms with Crippen LogP contribution in [0.1, 0.15) is 27.2 Å². The van der Waals surface area contributed by atoms with Crippen LogP contribution >= 0.6 is 0 Å². The van der Waals surface area contributed by atoms with Crippen molar-refractivity contribution in [2.45, 2.75) is 32.8 Å². The maximum absolute atomic E-state index is 10.3. The van der Waals surface area contributed by atoms with Gasteiger partial charge in [0.15, 0.2) is 0 Å². The van der Waals surface area contributed by atoms with Gasteiger partial charge in [0, 0.05) is 6.92 Å². The molecule has 0 saturated carbocycles. The Morgan fingerprint density at radius 3 is 2.50 bits per heavy atom. The predicted octanol–water partition coefficient (Wildman–Crippen LogP) is 0.710. The highest BCUT2D eigenvalue weighted by Gasteiger charge is 2.18. The summed E-state index contributed by atoms with van der Waals surface area (Å²) in [7, 11) is 0. The fraction of sp³-hybridized carbons (Fsp3) is 0.857. The van der Waals surface area contributed by atoms with Crippen molar-refractivity contribution in [1.82, 2.24) is 0 Å². The van der Waals surface area contributed by atoms with Gasteiger partial charge in [-0.15, -0.1) is 0 Å². The average molecular weight is 146 g/mol. The fourth-order valence-corrected chi connectivity index (χ4v) is 0.359. The van der Waals surface area contributed by atoms with Crippen LogP contribution < -0.4 is 0 Å². The van der Waals surface area contributed by atoms with Crippen LogP contribution in [-0.2, 0) is 9.53 Å². The van der Waals surface area contributed by atoms with E-state index >= 15 is 0 Å². The molecule has 0 bridgehead atoms. The van der Waals surface area contributed by atoms with Crippen molar-refractivity contribution >= 4 is 5.97 Å². The third-order valence-electron chi connectivity index (χ3n) is 1.35. The third-order valence-corrected chi connectivity index (χ3v) is 1.35. The Hall–Kier alpha value is -0.570. The van der Waals surface area contributed by atoms with E-state index in [2.05, 4.69) is 4.74 Å². The van der Waals surface area contributed by atoms with Gasteiger partial charge in [-0.1, -0.05) is 6.92 Å². The Morgan fingerprint density at radius 2 is 2.20 bits per heavy atom. The molecule has 1 N–H and O–H groups in total. The van der Waals surface area contributed by atoms with Crippen molar-refractivity contribution < 1.29 is 14.6 Å². The Kier molecular flexibility index (Phi) is 3.36. The van der Waals surface area contributed by atoms with E-state index in [9.17, 15) is 9.90 Å². The van der Waals surface area contributed by atoms with Gasteiger partial charge < -0.3 is 9.84 Å². The number of esters is 1. The highest BCUT2D eigenvalue weighted by Crippen LogP contribution is 2.07.